The van der Waals surface area contributed by atoms with E-state index in [0.29, 0.717) is 29.6 Å². The Bertz CT molecular complexity index is 804. The highest BCUT2D eigenvalue weighted by atomic mass is 35.5. The smallest absolute Gasteiger partial charge is 0.243 e. The molecule has 2 aromatic rings. The summed E-state index contributed by atoms with van der Waals surface area (Å²) in [5, 5.41) is 0.534. The molecular weight excluding hydrogens is 344 g/mol. The zero-order chi connectivity index (χ0) is 17.3. The van der Waals surface area contributed by atoms with E-state index in [1.807, 2.05) is 0 Å². The molecule has 0 saturated carbocycles. The van der Waals surface area contributed by atoms with Crippen LogP contribution in [0.4, 0.5) is 5.69 Å². The van der Waals surface area contributed by atoms with Gasteiger partial charge in [0.2, 0.25) is 10.0 Å². The number of sulfonamides is 1. The molecule has 1 aliphatic rings. The Morgan fingerprint density at radius 2 is 1.62 bits per heavy atom. The number of halogens is 1. The fourth-order valence-corrected chi connectivity index (χ4v) is 4.66. The van der Waals surface area contributed by atoms with E-state index in [9.17, 15) is 8.42 Å². The molecule has 0 aromatic heterocycles. The highest BCUT2D eigenvalue weighted by Gasteiger charge is 2.32. The molecule has 0 spiro atoms. The first-order chi connectivity index (χ1) is 11.4. The van der Waals surface area contributed by atoms with Crippen LogP contribution in [-0.4, -0.2) is 38.4 Å². The van der Waals surface area contributed by atoms with Crippen LogP contribution in [0.5, 0.6) is 0 Å². The molecule has 128 valence electrons. The summed E-state index contributed by atoms with van der Waals surface area (Å²) in [6.45, 7) is 5.74. The van der Waals surface area contributed by atoms with E-state index >= 15 is 0 Å². The van der Waals surface area contributed by atoms with Gasteiger partial charge in [-0.05, 0) is 50.2 Å². The van der Waals surface area contributed by atoms with Crippen molar-refractivity contribution in [1.29, 1.82) is 0 Å². The lowest BCUT2D eigenvalue weighted by molar-refractivity contribution is 0.342. The molecule has 0 aliphatic carbocycles. The molecule has 0 unspecified atom stereocenters. The molecule has 1 fully saturated rings. The van der Waals surface area contributed by atoms with Gasteiger partial charge in [0, 0.05) is 36.4 Å². The van der Waals surface area contributed by atoms with E-state index in [-0.39, 0.29) is 6.04 Å². The minimum absolute atomic E-state index is 0.114. The lowest BCUT2D eigenvalue weighted by Crippen LogP contribution is -2.53. The lowest BCUT2D eigenvalue weighted by atomic mass is 10.1. The van der Waals surface area contributed by atoms with Gasteiger partial charge in [0.1, 0.15) is 0 Å². The summed E-state index contributed by atoms with van der Waals surface area (Å²) in [5.74, 6) is 0. The van der Waals surface area contributed by atoms with Crippen LogP contribution in [0.1, 0.15) is 12.5 Å². The normalized spacial score (nSPS) is 19.5. The van der Waals surface area contributed by atoms with E-state index in [4.69, 9.17) is 11.6 Å². The third kappa shape index (κ3) is 3.43. The van der Waals surface area contributed by atoms with Gasteiger partial charge in [0.15, 0.2) is 0 Å². The van der Waals surface area contributed by atoms with E-state index in [1.54, 1.807) is 28.6 Å². The standard InChI is InChI=1S/C18H21ClN2O2S/c1-14-3-7-17(8-4-14)21-12-11-20(13-15(21)2)24(22,23)18-9-5-16(19)6-10-18/h3-10,15H,11-13H2,1-2H3/t15-/m0/s1. The van der Waals surface area contributed by atoms with Crippen molar-refractivity contribution in [2.45, 2.75) is 24.8 Å². The number of piperazine rings is 1. The van der Waals surface area contributed by atoms with Crippen LogP contribution in [0.15, 0.2) is 53.4 Å². The summed E-state index contributed by atoms with van der Waals surface area (Å²) < 4.78 is 27.2. The average molecular weight is 365 g/mol. The first-order valence-corrected chi connectivity index (χ1v) is 9.79. The van der Waals surface area contributed by atoms with Crippen molar-refractivity contribution in [3.8, 4) is 0 Å². The quantitative estimate of drug-likeness (QED) is 0.836. The minimum atomic E-state index is -3.48. The number of aryl methyl sites for hydroxylation is 1. The van der Waals surface area contributed by atoms with Crippen LogP contribution in [-0.2, 0) is 10.0 Å². The molecule has 3 rings (SSSR count). The lowest BCUT2D eigenvalue weighted by Gasteiger charge is -2.40. The molecule has 0 bridgehead atoms. The van der Waals surface area contributed by atoms with Crippen molar-refractivity contribution in [3.63, 3.8) is 0 Å². The predicted octanol–water partition coefficient (Wildman–Crippen LogP) is 3.55. The van der Waals surface area contributed by atoms with Crippen molar-refractivity contribution in [2.75, 3.05) is 24.5 Å². The van der Waals surface area contributed by atoms with Crippen molar-refractivity contribution < 1.29 is 8.42 Å². The number of rotatable bonds is 3. The van der Waals surface area contributed by atoms with Gasteiger partial charge in [-0.2, -0.15) is 4.31 Å². The summed E-state index contributed by atoms with van der Waals surface area (Å²) >= 11 is 5.85. The number of anilines is 1. The third-order valence-electron chi connectivity index (χ3n) is 4.41. The van der Waals surface area contributed by atoms with E-state index in [2.05, 4.69) is 43.0 Å². The Morgan fingerprint density at radius 1 is 1.00 bits per heavy atom. The second-order valence-electron chi connectivity index (χ2n) is 6.19. The van der Waals surface area contributed by atoms with Crippen molar-refractivity contribution >= 4 is 27.3 Å². The highest BCUT2D eigenvalue weighted by molar-refractivity contribution is 7.89. The van der Waals surface area contributed by atoms with Crippen LogP contribution in [0.3, 0.4) is 0 Å². The topological polar surface area (TPSA) is 40.6 Å². The molecule has 1 atom stereocenters. The summed E-state index contributed by atoms with van der Waals surface area (Å²) in [7, 11) is -3.48. The van der Waals surface area contributed by atoms with Gasteiger partial charge in [-0.15, -0.1) is 0 Å². The molecule has 0 N–H and O–H groups in total. The first-order valence-electron chi connectivity index (χ1n) is 7.97. The third-order valence-corrected chi connectivity index (χ3v) is 6.54. The van der Waals surface area contributed by atoms with Gasteiger partial charge in [0.25, 0.3) is 0 Å². The highest BCUT2D eigenvalue weighted by Crippen LogP contribution is 2.25. The molecule has 24 heavy (non-hydrogen) atoms. The Balaban J connectivity index is 1.77. The van der Waals surface area contributed by atoms with Gasteiger partial charge in [0.05, 0.1) is 4.90 Å². The maximum Gasteiger partial charge on any atom is 0.243 e. The van der Waals surface area contributed by atoms with Gasteiger partial charge in [-0.3, -0.25) is 0 Å². The maximum absolute atomic E-state index is 12.8. The second kappa shape index (κ2) is 6.75. The Hall–Kier alpha value is -1.56. The molecule has 0 radical (unpaired) electrons. The predicted molar refractivity (Wildman–Crippen MR) is 98.2 cm³/mol. The van der Waals surface area contributed by atoms with Crippen molar-refractivity contribution in [2.24, 2.45) is 0 Å². The van der Waals surface area contributed by atoms with E-state index in [1.165, 1.54) is 5.56 Å². The van der Waals surface area contributed by atoms with Gasteiger partial charge in [-0.25, -0.2) is 8.42 Å². The number of benzene rings is 2. The van der Waals surface area contributed by atoms with Crippen molar-refractivity contribution in [3.05, 3.63) is 59.1 Å². The maximum atomic E-state index is 12.8. The molecule has 1 heterocycles. The average Bonchev–Trinajstić information content (AvgIpc) is 2.56. The fourth-order valence-electron chi connectivity index (χ4n) is 3.02. The number of hydrogen-bond donors (Lipinski definition) is 0. The van der Waals surface area contributed by atoms with Gasteiger partial charge in [-0.1, -0.05) is 29.3 Å². The molecule has 4 nitrogen and oxygen atoms in total. The monoisotopic (exact) mass is 364 g/mol. The summed E-state index contributed by atoms with van der Waals surface area (Å²) in [6, 6.07) is 14.8. The Labute approximate surface area is 148 Å². The SMILES string of the molecule is Cc1ccc(N2CCN(S(=O)(=O)c3ccc(Cl)cc3)C[C@@H]2C)cc1. The molecular formula is C18H21ClN2O2S. The number of hydrogen-bond acceptors (Lipinski definition) is 3. The summed E-state index contributed by atoms with van der Waals surface area (Å²) in [6.07, 6.45) is 0. The Morgan fingerprint density at radius 3 is 2.21 bits per heavy atom. The molecule has 0 amide bonds. The Kier molecular flexibility index (Phi) is 4.85. The minimum Gasteiger partial charge on any atom is -0.366 e. The van der Waals surface area contributed by atoms with Crippen LogP contribution in [0.25, 0.3) is 0 Å². The van der Waals surface area contributed by atoms with Crippen LogP contribution in [0.2, 0.25) is 5.02 Å². The largest absolute Gasteiger partial charge is 0.366 e. The van der Waals surface area contributed by atoms with Crippen LogP contribution < -0.4 is 4.90 Å². The van der Waals surface area contributed by atoms with E-state index in [0.717, 1.165) is 5.69 Å². The van der Waals surface area contributed by atoms with Gasteiger partial charge < -0.3 is 4.90 Å². The van der Waals surface area contributed by atoms with E-state index < -0.39 is 10.0 Å². The summed E-state index contributed by atoms with van der Waals surface area (Å²) in [5.41, 5.74) is 2.35. The zero-order valence-corrected chi connectivity index (χ0v) is 15.4. The first kappa shape index (κ1) is 17.3. The van der Waals surface area contributed by atoms with Gasteiger partial charge >= 0.3 is 0 Å². The van der Waals surface area contributed by atoms with Crippen LogP contribution >= 0.6 is 11.6 Å². The zero-order valence-electron chi connectivity index (χ0n) is 13.8. The van der Waals surface area contributed by atoms with Crippen LogP contribution in [0, 0.1) is 6.92 Å². The second-order valence-corrected chi connectivity index (χ2v) is 8.57. The molecule has 2 aromatic carbocycles. The molecule has 1 saturated heterocycles. The summed E-state index contributed by atoms with van der Waals surface area (Å²) in [4.78, 5) is 2.55. The van der Waals surface area contributed by atoms with Crippen molar-refractivity contribution in [1.82, 2.24) is 4.31 Å². The molecule has 1 aliphatic heterocycles. The number of nitrogens with zero attached hydrogens (tertiary/aromatic N) is 2. The molecule has 6 heteroatoms. The fraction of sp³-hybridized carbons (Fsp3) is 0.333.